The Kier molecular flexibility index (Phi) is 34.4. The van der Waals surface area contributed by atoms with Gasteiger partial charge >= 0.3 is 5.97 Å². The van der Waals surface area contributed by atoms with Gasteiger partial charge in [-0.15, -0.1) is 0 Å². The normalized spacial score (nSPS) is 17.2. The molecule has 0 aromatic heterocycles. The first-order valence-electron chi connectivity index (χ1n) is 15.9. The van der Waals surface area contributed by atoms with Gasteiger partial charge in [-0.05, 0) is 60.0 Å². The summed E-state index contributed by atoms with van der Waals surface area (Å²) < 4.78 is 10.9. The molecule has 0 saturated carbocycles. The average Bonchev–Trinajstić information content (AvgIpc) is 3.50. The van der Waals surface area contributed by atoms with E-state index >= 15 is 0 Å². The Labute approximate surface area is 274 Å². The molecular weight excluding hydrogens is 580 g/mol. The van der Waals surface area contributed by atoms with Crippen molar-refractivity contribution in [3.63, 3.8) is 0 Å². The van der Waals surface area contributed by atoms with Gasteiger partial charge in [0.1, 0.15) is 12.6 Å². The molecule has 0 spiro atoms. The van der Waals surface area contributed by atoms with E-state index in [1.165, 1.54) is 27.5 Å². The van der Waals surface area contributed by atoms with Crippen molar-refractivity contribution in [2.75, 3.05) is 55.5 Å². The lowest BCUT2D eigenvalue weighted by atomic mass is 9.91. The van der Waals surface area contributed by atoms with Crippen molar-refractivity contribution in [1.29, 1.82) is 0 Å². The minimum absolute atomic E-state index is 0.000741. The minimum atomic E-state index is -1.09. The molecule has 5 N–H and O–H groups in total. The van der Waals surface area contributed by atoms with E-state index < -0.39 is 24.0 Å². The Morgan fingerprint density at radius 2 is 1.60 bits per heavy atom. The maximum absolute atomic E-state index is 12.0. The molecule has 1 rings (SSSR count). The number of carbonyl (C=O) groups excluding carboxylic acids is 3. The van der Waals surface area contributed by atoms with Gasteiger partial charge in [0, 0.05) is 27.8 Å². The predicted molar refractivity (Wildman–Crippen MR) is 184 cm³/mol. The first-order chi connectivity index (χ1) is 21.3. The van der Waals surface area contributed by atoms with Crippen LogP contribution in [0.3, 0.4) is 0 Å². The van der Waals surface area contributed by atoms with Crippen molar-refractivity contribution >= 4 is 30.9 Å². The molecule has 7 atom stereocenters. The van der Waals surface area contributed by atoms with Crippen LogP contribution in [0.25, 0.3) is 0 Å². The largest absolute Gasteiger partial charge is 0.480 e. The van der Waals surface area contributed by atoms with Crippen LogP contribution in [0, 0.1) is 11.8 Å². The van der Waals surface area contributed by atoms with E-state index in [9.17, 15) is 19.2 Å². The predicted octanol–water partition coefficient (Wildman–Crippen LogP) is 2.66. The van der Waals surface area contributed by atoms with E-state index in [0.29, 0.717) is 12.5 Å². The topological polar surface area (TPSA) is 176 Å². The molecule has 1 saturated heterocycles. The molecule has 13 nitrogen and oxygen atoms in total. The third kappa shape index (κ3) is 20.2. The van der Waals surface area contributed by atoms with Gasteiger partial charge in [-0.1, -0.05) is 54.4 Å². The van der Waals surface area contributed by atoms with Crippen LogP contribution in [-0.4, -0.2) is 132 Å². The maximum atomic E-state index is 12.0. The fourth-order valence-electron chi connectivity index (χ4n) is 4.71. The molecule has 0 aromatic rings. The summed E-state index contributed by atoms with van der Waals surface area (Å²) in [6.45, 7) is 17.9. The number of aliphatic carboxylic acids is 1. The number of aliphatic imine (C=N–C) groups is 1. The highest BCUT2D eigenvalue weighted by Crippen LogP contribution is 2.25. The Hall–Kier alpha value is -2.61. The number of amides is 3. The minimum Gasteiger partial charge on any atom is -0.480 e. The first kappa shape index (κ1) is 49.3. The smallest absolute Gasteiger partial charge is 0.325 e. The second-order valence-corrected chi connectivity index (χ2v) is 10.8. The third-order valence-electron chi connectivity index (χ3n) is 7.17. The van der Waals surface area contributed by atoms with Crippen molar-refractivity contribution in [2.45, 2.75) is 111 Å². The van der Waals surface area contributed by atoms with Crippen LogP contribution in [-0.2, 0) is 28.7 Å². The summed E-state index contributed by atoms with van der Waals surface area (Å²) in [6.07, 6.45) is 5.22. The third-order valence-corrected chi connectivity index (χ3v) is 7.17. The number of carboxylic acid groups (broad SMARTS) is 1. The molecule has 1 aliphatic rings. The molecule has 1 aliphatic heterocycles. The highest BCUT2D eigenvalue weighted by atomic mass is 16.5. The van der Waals surface area contributed by atoms with Gasteiger partial charge in [0.25, 0.3) is 0 Å². The quantitative estimate of drug-likeness (QED) is 0.154. The zero-order chi connectivity index (χ0) is 36.1. The standard InChI is InChI=1S/C13H22N2O5.C13H26N2O2.C3H8.C2H7N.CH5N/c1-8(12(17)14-9(2)13(18)19)11(20-3)10-5-4-6-15(10)7-16;1-7-10(3)13(11(8-2)17-6)15(5)12(16)9-14-4;2*1-3-2;1-2/h7-11H,4-6H2,1-3H3,(H,14,17)(H,18,19);10-11,13H,4,7-9H2,1-3,5-6H3;3H2,1-2H3;3H,1-2H3;2H2,1H3/t8?,9-,10?,11?;;;;/m0..../s1. The summed E-state index contributed by atoms with van der Waals surface area (Å²) in [5, 5.41) is 14.0. The summed E-state index contributed by atoms with van der Waals surface area (Å²) in [5.74, 6) is -1.61. The summed E-state index contributed by atoms with van der Waals surface area (Å²) in [6, 6.07) is -0.990. The van der Waals surface area contributed by atoms with Gasteiger partial charge in [-0.2, -0.15) is 0 Å². The van der Waals surface area contributed by atoms with Gasteiger partial charge in [-0.25, -0.2) is 0 Å². The number of hydrogen-bond acceptors (Lipinski definition) is 9. The number of nitrogens with two attached hydrogens (primary N) is 1. The second kappa shape index (κ2) is 31.4. The number of ether oxygens (including phenoxy) is 2. The molecule has 6 unspecified atom stereocenters. The number of hydrogen-bond donors (Lipinski definition) is 4. The van der Waals surface area contributed by atoms with Gasteiger partial charge in [0.2, 0.25) is 18.2 Å². The fraction of sp³-hybridized carbons (Fsp3) is 0.844. The maximum Gasteiger partial charge on any atom is 0.325 e. The Bertz CT molecular complexity index is 768. The average molecular weight is 649 g/mol. The van der Waals surface area contributed by atoms with Crippen LogP contribution in [0.4, 0.5) is 0 Å². The van der Waals surface area contributed by atoms with Crippen LogP contribution in [0.2, 0.25) is 0 Å². The summed E-state index contributed by atoms with van der Waals surface area (Å²) in [5.41, 5.74) is 4.50. The van der Waals surface area contributed by atoms with Crippen molar-refractivity contribution < 1.29 is 33.8 Å². The zero-order valence-electron chi connectivity index (χ0n) is 30.6. The van der Waals surface area contributed by atoms with Crippen LogP contribution in [0.1, 0.15) is 80.6 Å². The van der Waals surface area contributed by atoms with E-state index in [1.807, 2.05) is 21.1 Å². The van der Waals surface area contributed by atoms with Crippen molar-refractivity contribution in [3.8, 4) is 0 Å². The van der Waals surface area contributed by atoms with Gasteiger partial charge in [-0.3, -0.25) is 24.2 Å². The summed E-state index contributed by atoms with van der Waals surface area (Å²) in [7, 11) is 10.3. The first-order valence-corrected chi connectivity index (χ1v) is 15.9. The van der Waals surface area contributed by atoms with Crippen molar-refractivity contribution in [2.24, 2.45) is 22.6 Å². The SMILES string of the molecule is C=NCC(=O)N(C)C(C(C)CC)C(CC)OC.CCC.CN.CNC.COC(C(C)C(=O)N[C@@H](C)C(=O)O)C1CCCN1C=O. The molecule has 13 heteroatoms. The molecule has 45 heavy (non-hydrogen) atoms. The molecule has 3 amide bonds. The molecule has 1 fully saturated rings. The number of carbonyl (C=O) groups is 4. The second-order valence-electron chi connectivity index (χ2n) is 10.8. The Morgan fingerprint density at radius 3 is 1.96 bits per heavy atom. The number of nitrogens with one attached hydrogen (secondary N) is 2. The summed E-state index contributed by atoms with van der Waals surface area (Å²) in [4.78, 5) is 52.7. The molecule has 0 bridgehead atoms. The molecule has 268 valence electrons. The van der Waals surface area contributed by atoms with E-state index in [1.54, 1.807) is 23.8 Å². The molecule has 0 aromatic carbocycles. The number of likely N-dealkylation sites (N-methyl/N-ethyl adjacent to an activating group) is 1. The number of likely N-dealkylation sites (tertiary alicyclic amines) is 1. The van der Waals surface area contributed by atoms with Crippen LogP contribution >= 0.6 is 0 Å². The number of carboxylic acids is 1. The lowest BCUT2D eigenvalue weighted by Gasteiger charge is -2.37. The highest BCUT2D eigenvalue weighted by molar-refractivity contribution is 5.85. The number of nitrogens with zero attached hydrogens (tertiary/aromatic N) is 3. The lowest BCUT2D eigenvalue weighted by molar-refractivity contribution is -0.143. The van der Waals surface area contributed by atoms with Crippen LogP contribution in [0.5, 0.6) is 0 Å². The highest BCUT2D eigenvalue weighted by Gasteiger charge is 2.37. The lowest BCUT2D eigenvalue weighted by Crippen LogP contribution is -2.50. The molecule has 1 heterocycles. The van der Waals surface area contributed by atoms with E-state index in [0.717, 1.165) is 32.1 Å². The zero-order valence-corrected chi connectivity index (χ0v) is 30.6. The van der Waals surface area contributed by atoms with Gasteiger partial charge < -0.3 is 40.7 Å². The molecule has 0 radical (unpaired) electrons. The van der Waals surface area contributed by atoms with Crippen molar-refractivity contribution in [3.05, 3.63) is 0 Å². The van der Waals surface area contributed by atoms with Crippen LogP contribution in [0.15, 0.2) is 4.99 Å². The monoisotopic (exact) mass is 649 g/mol. The number of methoxy groups -OCH3 is 2. The Morgan fingerprint density at radius 1 is 1.09 bits per heavy atom. The van der Waals surface area contributed by atoms with Crippen LogP contribution < -0.4 is 16.4 Å². The van der Waals surface area contributed by atoms with Gasteiger partial charge in [0.05, 0.1) is 30.2 Å². The number of rotatable bonds is 15. The fourth-order valence-corrected chi connectivity index (χ4v) is 4.71. The van der Waals surface area contributed by atoms with Gasteiger partial charge in [0.15, 0.2) is 0 Å². The Balaban J connectivity index is -0.000000305. The van der Waals surface area contributed by atoms with E-state index in [2.05, 4.69) is 62.7 Å². The summed E-state index contributed by atoms with van der Waals surface area (Å²) >= 11 is 0. The van der Waals surface area contributed by atoms with E-state index in [4.69, 9.17) is 14.6 Å². The van der Waals surface area contributed by atoms with Crippen molar-refractivity contribution in [1.82, 2.24) is 20.4 Å². The molecular formula is C32H68N6O7. The molecule has 0 aliphatic carbocycles. The van der Waals surface area contributed by atoms with E-state index in [-0.39, 0.29) is 36.5 Å².